The van der Waals surface area contributed by atoms with Crippen LogP contribution in [-0.2, 0) is 4.79 Å². The minimum atomic E-state index is -0.0777. The molecule has 0 heterocycles. The first-order valence-electron chi connectivity index (χ1n) is 6.40. The van der Waals surface area contributed by atoms with Crippen LogP contribution in [0.2, 0.25) is 0 Å². The molecule has 1 N–H and O–H groups in total. The number of methoxy groups -OCH3 is 1. The van der Waals surface area contributed by atoms with Crippen LogP contribution in [0.4, 0.5) is 5.69 Å². The van der Waals surface area contributed by atoms with Gasteiger partial charge < -0.3 is 14.8 Å². The van der Waals surface area contributed by atoms with Crippen LogP contribution in [0.5, 0.6) is 11.5 Å². The fraction of sp³-hybridized carbons (Fsp3) is 0.188. The maximum Gasteiger partial charge on any atom is 0.227 e. The van der Waals surface area contributed by atoms with Gasteiger partial charge in [-0.2, -0.15) is 0 Å². The summed E-state index contributed by atoms with van der Waals surface area (Å²) in [6.45, 7) is 0.305. The second-order valence-electron chi connectivity index (χ2n) is 4.16. The van der Waals surface area contributed by atoms with E-state index in [9.17, 15) is 4.79 Å². The highest BCUT2D eigenvalue weighted by Gasteiger charge is 2.05. The van der Waals surface area contributed by atoms with Crippen molar-refractivity contribution < 1.29 is 14.3 Å². The molecule has 0 aliphatic carbocycles. The number of hydrogen-bond acceptors (Lipinski definition) is 3. The number of hydrogen-bond donors (Lipinski definition) is 1. The van der Waals surface area contributed by atoms with Gasteiger partial charge in [0.25, 0.3) is 0 Å². The topological polar surface area (TPSA) is 47.6 Å². The second kappa shape index (κ2) is 7.19. The van der Waals surface area contributed by atoms with E-state index in [2.05, 4.69) is 5.32 Å². The van der Waals surface area contributed by atoms with Gasteiger partial charge in [-0.05, 0) is 24.3 Å². The summed E-state index contributed by atoms with van der Waals surface area (Å²) >= 11 is 0. The van der Waals surface area contributed by atoms with E-state index in [1.165, 1.54) is 0 Å². The Morgan fingerprint density at radius 3 is 2.35 bits per heavy atom. The lowest BCUT2D eigenvalue weighted by atomic mass is 10.3. The maximum atomic E-state index is 11.7. The molecule has 0 aromatic heterocycles. The zero-order valence-electron chi connectivity index (χ0n) is 11.3. The van der Waals surface area contributed by atoms with E-state index in [0.29, 0.717) is 18.1 Å². The molecule has 4 heteroatoms. The van der Waals surface area contributed by atoms with Crippen molar-refractivity contribution in [1.29, 1.82) is 0 Å². The Bertz CT molecular complexity index is 555. The van der Waals surface area contributed by atoms with Gasteiger partial charge in [0, 0.05) is 5.69 Å². The Kier molecular flexibility index (Phi) is 5.00. The van der Waals surface area contributed by atoms with Crippen molar-refractivity contribution in [3.63, 3.8) is 0 Å². The smallest absolute Gasteiger partial charge is 0.227 e. The van der Waals surface area contributed by atoms with Crippen LogP contribution in [-0.4, -0.2) is 19.6 Å². The molecular weight excluding hydrogens is 254 g/mol. The monoisotopic (exact) mass is 271 g/mol. The minimum absolute atomic E-state index is 0.0777. The number of anilines is 1. The van der Waals surface area contributed by atoms with E-state index in [-0.39, 0.29) is 12.3 Å². The molecule has 2 aromatic carbocycles. The van der Waals surface area contributed by atoms with Crippen molar-refractivity contribution in [3.8, 4) is 11.5 Å². The van der Waals surface area contributed by atoms with E-state index >= 15 is 0 Å². The Morgan fingerprint density at radius 1 is 1.00 bits per heavy atom. The summed E-state index contributed by atoms with van der Waals surface area (Å²) in [6.07, 6.45) is 0.285. The standard InChI is InChI=1S/C16H17NO3/c1-19-14-9-5-6-10-15(14)20-12-11-16(18)17-13-7-3-2-4-8-13/h2-10H,11-12H2,1H3,(H,17,18). The number of benzene rings is 2. The Labute approximate surface area is 118 Å². The summed E-state index contributed by atoms with van der Waals surface area (Å²) < 4.78 is 10.7. The van der Waals surface area contributed by atoms with Crippen molar-refractivity contribution >= 4 is 11.6 Å². The quantitative estimate of drug-likeness (QED) is 0.878. The summed E-state index contributed by atoms with van der Waals surface area (Å²) in [5, 5.41) is 2.81. The van der Waals surface area contributed by atoms with Gasteiger partial charge in [-0.15, -0.1) is 0 Å². The molecule has 0 atom stereocenters. The molecule has 104 valence electrons. The molecule has 2 rings (SSSR count). The maximum absolute atomic E-state index is 11.7. The summed E-state index contributed by atoms with van der Waals surface area (Å²) in [6, 6.07) is 16.7. The summed E-state index contributed by atoms with van der Waals surface area (Å²) in [4.78, 5) is 11.7. The van der Waals surface area contributed by atoms with Crippen molar-refractivity contribution in [2.24, 2.45) is 0 Å². The fourth-order valence-electron chi connectivity index (χ4n) is 1.74. The van der Waals surface area contributed by atoms with Gasteiger partial charge in [-0.3, -0.25) is 4.79 Å². The van der Waals surface area contributed by atoms with Crippen LogP contribution in [0.25, 0.3) is 0 Å². The average Bonchev–Trinajstić information content (AvgIpc) is 2.49. The minimum Gasteiger partial charge on any atom is -0.493 e. The first-order chi connectivity index (χ1) is 9.79. The first kappa shape index (κ1) is 13.9. The van der Waals surface area contributed by atoms with Crippen molar-refractivity contribution in [3.05, 3.63) is 54.6 Å². The lowest BCUT2D eigenvalue weighted by molar-refractivity contribution is -0.116. The molecular formula is C16H17NO3. The molecule has 0 radical (unpaired) electrons. The van der Waals surface area contributed by atoms with Gasteiger partial charge >= 0.3 is 0 Å². The predicted molar refractivity (Wildman–Crippen MR) is 78.2 cm³/mol. The van der Waals surface area contributed by atoms with Crippen molar-refractivity contribution in [2.45, 2.75) is 6.42 Å². The molecule has 0 saturated heterocycles. The van der Waals surface area contributed by atoms with E-state index in [1.807, 2.05) is 54.6 Å². The zero-order chi connectivity index (χ0) is 14.2. The molecule has 4 nitrogen and oxygen atoms in total. The Balaban J connectivity index is 1.79. The van der Waals surface area contributed by atoms with Crippen molar-refractivity contribution in [1.82, 2.24) is 0 Å². The van der Waals surface area contributed by atoms with Gasteiger partial charge in [0.1, 0.15) is 0 Å². The first-order valence-corrected chi connectivity index (χ1v) is 6.40. The Morgan fingerprint density at radius 2 is 1.65 bits per heavy atom. The molecule has 20 heavy (non-hydrogen) atoms. The van der Waals surface area contributed by atoms with Gasteiger partial charge in [0.05, 0.1) is 20.1 Å². The molecule has 0 unspecified atom stereocenters. The SMILES string of the molecule is COc1ccccc1OCCC(=O)Nc1ccccc1. The van der Waals surface area contributed by atoms with Crippen LogP contribution >= 0.6 is 0 Å². The summed E-state index contributed by atoms with van der Waals surface area (Å²) in [5.41, 5.74) is 0.787. The third-order valence-electron chi connectivity index (χ3n) is 2.71. The molecule has 0 aliphatic rings. The van der Waals surface area contributed by atoms with Crippen LogP contribution in [0, 0.1) is 0 Å². The Hall–Kier alpha value is -2.49. The molecule has 0 saturated carbocycles. The summed E-state index contributed by atoms with van der Waals surface area (Å²) in [5.74, 6) is 1.23. The van der Waals surface area contributed by atoms with E-state index in [0.717, 1.165) is 5.69 Å². The van der Waals surface area contributed by atoms with Gasteiger partial charge in [-0.25, -0.2) is 0 Å². The van der Waals surface area contributed by atoms with Gasteiger partial charge in [0.15, 0.2) is 11.5 Å². The highest BCUT2D eigenvalue weighted by atomic mass is 16.5. The molecule has 0 fully saturated rings. The highest BCUT2D eigenvalue weighted by Crippen LogP contribution is 2.25. The van der Waals surface area contributed by atoms with Crippen molar-refractivity contribution in [2.75, 3.05) is 19.0 Å². The van der Waals surface area contributed by atoms with Gasteiger partial charge in [-0.1, -0.05) is 30.3 Å². The van der Waals surface area contributed by atoms with Crippen LogP contribution in [0.15, 0.2) is 54.6 Å². The lowest BCUT2D eigenvalue weighted by Gasteiger charge is -2.10. The van der Waals surface area contributed by atoms with Crippen LogP contribution < -0.4 is 14.8 Å². The normalized spacial score (nSPS) is 9.85. The van der Waals surface area contributed by atoms with E-state index in [1.54, 1.807) is 7.11 Å². The number of ether oxygens (including phenoxy) is 2. The fourth-order valence-corrected chi connectivity index (χ4v) is 1.74. The second-order valence-corrected chi connectivity index (χ2v) is 4.16. The number of nitrogens with one attached hydrogen (secondary N) is 1. The van der Waals surface area contributed by atoms with Gasteiger partial charge in [0.2, 0.25) is 5.91 Å². The van der Waals surface area contributed by atoms with Crippen LogP contribution in [0.1, 0.15) is 6.42 Å². The number of para-hydroxylation sites is 3. The largest absolute Gasteiger partial charge is 0.493 e. The molecule has 2 aromatic rings. The van der Waals surface area contributed by atoms with E-state index < -0.39 is 0 Å². The third kappa shape index (κ3) is 4.02. The molecule has 0 spiro atoms. The zero-order valence-corrected chi connectivity index (χ0v) is 11.3. The molecule has 0 aliphatic heterocycles. The lowest BCUT2D eigenvalue weighted by Crippen LogP contribution is -2.15. The number of amides is 1. The summed E-state index contributed by atoms with van der Waals surface area (Å²) in [7, 11) is 1.59. The van der Waals surface area contributed by atoms with E-state index in [4.69, 9.17) is 9.47 Å². The molecule has 0 bridgehead atoms. The highest BCUT2D eigenvalue weighted by molar-refractivity contribution is 5.90. The van der Waals surface area contributed by atoms with Crippen LogP contribution in [0.3, 0.4) is 0 Å². The number of carbonyl (C=O) groups excluding carboxylic acids is 1. The third-order valence-corrected chi connectivity index (χ3v) is 2.71. The number of carbonyl (C=O) groups is 1. The number of rotatable bonds is 6. The predicted octanol–water partition coefficient (Wildman–Crippen LogP) is 3.10. The average molecular weight is 271 g/mol. The molecule has 1 amide bonds.